The number of nitrogens with two attached hydrogens (primary N) is 2. The Morgan fingerprint density at radius 1 is 0.931 bits per heavy atom. The highest BCUT2D eigenvalue weighted by atomic mass is 32.1. The molecule has 3 amide bonds. The van der Waals surface area contributed by atoms with Gasteiger partial charge in [0.05, 0.1) is 12.6 Å². The van der Waals surface area contributed by atoms with E-state index in [1.54, 1.807) is 13.8 Å². The molecule has 11 nitrogen and oxygen atoms in total. The number of aliphatic hydroxyl groups excluding tert-OH is 1. The van der Waals surface area contributed by atoms with Gasteiger partial charge in [-0.05, 0) is 31.7 Å². The molecule has 9 N–H and O–H groups in total. The summed E-state index contributed by atoms with van der Waals surface area (Å²) in [4.78, 5) is 48.1. The number of aliphatic hydroxyl groups is 1. The molecule has 0 spiro atoms. The van der Waals surface area contributed by atoms with Crippen molar-refractivity contribution in [2.24, 2.45) is 17.4 Å². The van der Waals surface area contributed by atoms with Crippen molar-refractivity contribution < 1.29 is 29.4 Å². The molecule has 0 aliphatic heterocycles. The van der Waals surface area contributed by atoms with Crippen LogP contribution in [0.3, 0.4) is 0 Å². The van der Waals surface area contributed by atoms with Gasteiger partial charge < -0.3 is 37.6 Å². The number of aliphatic carboxylic acids is 1. The summed E-state index contributed by atoms with van der Waals surface area (Å²) in [5.74, 6) is -3.68. The van der Waals surface area contributed by atoms with E-state index < -0.39 is 54.5 Å². The van der Waals surface area contributed by atoms with Crippen molar-refractivity contribution >= 4 is 36.3 Å². The highest BCUT2D eigenvalue weighted by Gasteiger charge is 2.29. The second-order valence-electron chi connectivity index (χ2n) is 6.94. The van der Waals surface area contributed by atoms with E-state index in [1.165, 1.54) is 0 Å². The molecule has 0 saturated carbocycles. The van der Waals surface area contributed by atoms with Gasteiger partial charge in [0.1, 0.15) is 18.1 Å². The van der Waals surface area contributed by atoms with Gasteiger partial charge in [0.15, 0.2) is 0 Å². The van der Waals surface area contributed by atoms with Gasteiger partial charge in [-0.3, -0.25) is 14.4 Å². The van der Waals surface area contributed by atoms with Crippen molar-refractivity contribution in [3.05, 3.63) is 0 Å². The smallest absolute Gasteiger partial charge is 0.327 e. The molecule has 0 saturated heterocycles. The fourth-order valence-corrected chi connectivity index (χ4v) is 2.50. The summed E-state index contributed by atoms with van der Waals surface area (Å²) in [6, 6.07) is -4.47. The van der Waals surface area contributed by atoms with Crippen LogP contribution in [0.1, 0.15) is 33.1 Å². The second kappa shape index (κ2) is 14.1. The first-order valence-electron chi connectivity index (χ1n) is 9.40. The highest BCUT2D eigenvalue weighted by molar-refractivity contribution is 7.80. The zero-order chi connectivity index (χ0) is 22.6. The monoisotopic (exact) mass is 435 g/mol. The molecule has 4 atom stereocenters. The van der Waals surface area contributed by atoms with E-state index in [2.05, 4.69) is 28.6 Å². The Balaban J connectivity index is 5.17. The van der Waals surface area contributed by atoms with Gasteiger partial charge in [0.25, 0.3) is 0 Å². The molecule has 0 aliphatic carbocycles. The first-order valence-corrected chi connectivity index (χ1v) is 10.0. The lowest BCUT2D eigenvalue weighted by atomic mass is 10.0. The third kappa shape index (κ3) is 9.92. The van der Waals surface area contributed by atoms with Crippen LogP contribution in [-0.2, 0) is 19.2 Å². The van der Waals surface area contributed by atoms with E-state index in [0.29, 0.717) is 19.4 Å². The maximum absolute atomic E-state index is 12.5. The topological polar surface area (TPSA) is 197 Å². The van der Waals surface area contributed by atoms with E-state index in [4.69, 9.17) is 16.6 Å². The summed E-state index contributed by atoms with van der Waals surface area (Å²) in [6.07, 6.45) is 1.30. The summed E-state index contributed by atoms with van der Waals surface area (Å²) in [7, 11) is 0. The normalized spacial score (nSPS) is 15.1. The SMILES string of the molecule is CC(C)C(N)C(=O)NC(CO)C(=O)NC(CCCCN)C(=O)NC(CS)C(=O)O. The predicted octanol–water partition coefficient (Wildman–Crippen LogP) is -2.44. The number of carbonyl (C=O) groups is 4. The highest BCUT2D eigenvalue weighted by Crippen LogP contribution is 2.04. The summed E-state index contributed by atoms with van der Waals surface area (Å²) >= 11 is 3.88. The zero-order valence-corrected chi connectivity index (χ0v) is 17.7. The number of carboxylic acids is 1. The second-order valence-corrected chi connectivity index (χ2v) is 7.31. The number of carbonyl (C=O) groups excluding carboxylic acids is 3. The van der Waals surface area contributed by atoms with Crippen LogP contribution in [0.25, 0.3) is 0 Å². The fourth-order valence-electron chi connectivity index (χ4n) is 2.26. The Hall–Kier alpha value is -1.89. The molecule has 0 aromatic rings. The lowest BCUT2D eigenvalue weighted by molar-refractivity contribution is -0.141. The van der Waals surface area contributed by atoms with E-state index in [1.807, 2.05) is 0 Å². The number of rotatable bonds is 14. The maximum atomic E-state index is 12.5. The third-order valence-corrected chi connectivity index (χ3v) is 4.58. The Morgan fingerprint density at radius 3 is 1.90 bits per heavy atom. The Bertz CT molecular complexity index is 562. The lowest BCUT2D eigenvalue weighted by Crippen LogP contribution is -2.58. The van der Waals surface area contributed by atoms with Gasteiger partial charge >= 0.3 is 5.97 Å². The number of hydrogen-bond acceptors (Lipinski definition) is 8. The van der Waals surface area contributed by atoms with E-state index in [-0.39, 0.29) is 18.1 Å². The molecule has 0 radical (unpaired) electrons. The molecular weight excluding hydrogens is 402 g/mol. The van der Waals surface area contributed by atoms with Gasteiger partial charge in [-0.25, -0.2) is 4.79 Å². The zero-order valence-electron chi connectivity index (χ0n) is 16.8. The first kappa shape index (κ1) is 27.1. The van der Waals surface area contributed by atoms with Crippen molar-refractivity contribution in [1.82, 2.24) is 16.0 Å². The van der Waals surface area contributed by atoms with Crippen LogP contribution in [0.2, 0.25) is 0 Å². The van der Waals surface area contributed by atoms with Crippen molar-refractivity contribution in [3.8, 4) is 0 Å². The quantitative estimate of drug-likeness (QED) is 0.109. The molecule has 168 valence electrons. The molecule has 0 fully saturated rings. The average molecular weight is 436 g/mol. The minimum absolute atomic E-state index is 0.132. The number of thiol groups is 1. The molecule has 12 heteroatoms. The van der Waals surface area contributed by atoms with E-state index >= 15 is 0 Å². The van der Waals surface area contributed by atoms with Gasteiger partial charge in [-0.1, -0.05) is 13.8 Å². The van der Waals surface area contributed by atoms with Crippen molar-refractivity contribution in [2.45, 2.75) is 57.3 Å². The molecule has 4 unspecified atom stereocenters. The Morgan fingerprint density at radius 2 is 1.45 bits per heavy atom. The molecule has 0 aromatic carbocycles. The predicted molar refractivity (Wildman–Crippen MR) is 110 cm³/mol. The molecule has 0 aliphatic rings. The number of hydrogen-bond donors (Lipinski definition) is 8. The van der Waals surface area contributed by atoms with Crippen LogP contribution in [0, 0.1) is 5.92 Å². The number of carboxylic acid groups (broad SMARTS) is 1. The Labute approximate surface area is 175 Å². The standard InChI is InChI=1S/C17H33N5O6S/c1-9(2)13(19)16(26)21-11(7-23)15(25)20-10(5-3-4-6-18)14(24)22-12(8-29)17(27)28/h9-13,23,29H,3-8,18-19H2,1-2H3,(H,20,25)(H,21,26)(H,22,24)(H,27,28). The van der Waals surface area contributed by atoms with Crippen LogP contribution in [0.5, 0.6) is 0 Å². The van der Waals surface area contributed by atoms with Crippen molar-refractivity contribution in [3.63, 3.8) is 0 Å². The number of amides is 3. The first-order chi connectivity index (χ1) is 13.6. The number of nitrogens with one attached hydrogen (secondary N) is 3. The van der Waals surface area contributed by atoms with Gasteiger partial charge in [-0.2, -0.15) is 12.6 Å². The van der Waals surface area contributed by atoms with E-state index in [0.717, 1.165) is 0 Å². The van der Waals surface area contributed by atoms with Crippen LogP contribution < -0.4 is 27.4 Å². The molecule has 0 heterocycles. The summed E-state index contributed by atoms with van der Waals surface area (Å²) in [5.41, 5.74) is 11.2. The molecule has 0 rings (SSSR count). The number of unbranched alkanes of at least 4 members (excludes halogenated alkanes) is 1. The van der Waals surface area contributed by atoms with Crippen LogP contribution in [0.4, 0.5) is 0 Å². The van der Waals surface area contributed by atoms with Gasteiger partial charge in [0.2, 0.25) is 17.7 Å². The maximum Gasteiger partial charge on any atom is 0.327 e. The lowest BCUT2D eigenvalue weighted by Gasteiger charge is -2.24. The summed E-state index contributed by atoms with van der Waals surface area (Å²) < 4.78 is 0. The largest absolute Gasteiger partial charge is 0.480 e. The van der Waals surface area contributed by atoms with E-state index in [9.17, 15) is 24.3 Å². The minimum atomic E-state index is -1.31. The molecule has 0 aromatic heterocycles. The van der Waals surface area contributed by atoms with Crippen LogP contribution in [-0.4, -0.2) is 77.0 Å². The minimum Gasteiger partial charge on any atom is -0.480 e. The molecule has 0 bridgehead atoms. The van der Waals surface area contributed by atoms with Crippen molar-refractivity contribution in [2.75, 3.05) is 18.9 Å². The van der Waals surface area contributed by atoms with Crippen LogP contribution >= 0.6 is 12.6 Å². The summed E-state index contributed by atoms with van der Waals surface area (Å²) in [6.45, 7) is 3.15. The van der Waals surface area contributed by atoms with Crippen molar-refractivity contribution in [1.29, 1.82) is 0 Å². The molecular formula is C17H33N5O6S. The van der Waals surface area contributed by atoms with Crippen LogP contribution in [0.15, 0.2) is 0 Å². The average Bonchev–Trinajstić information content (AvgIpc) is 2.67. The molecule has 29 heavy (non-hydrogen) atoms. The third-order valence-electron chi connectivity index (χ3n) is 4.21. The van der Waals surface area contributed by atoms with Gasteiger partial charge in [0, 0.05) is 5.75 Å². The fraction of sp³-hybridized carbons (Fsp3) is 0.765. The summed E-state index contributed by atoms with van der Waals surface area (Å²) in [5, 5.41) is 25.6. The van der Waals surface area contributed by atoms with Gasteiger partial charge in [-0.15, -0.1) is 0 Å². The Kier molecular flexibility index (Phi) is 13.2.